The van der Waals surface area contributed by atoms with Gasteiger partial charge in [0.05, 0.1) is 17.8 Å². The van der Waals surface area contributed by atoms with Gasteiger partial charge in [0.25, 0.3) is 0 Å². The molecule has 4 aromatic rings. The van der Waals surface area contributed by atoms with Gasteiger partial charge in [-0.15, -0.1) is 0 Å². The second-order valence-corrected chi connectivity index (χ2v) is 9.63. The standard InChI is InChI=1S/C29H30N4S/c1-19-14-20(2)16-24(15-19)33-28(27(31-29(33)34)26-12-8-9-13-30-26)25-17-21(3)32(22(25)4)18-23-10-6-5-7-11-23/h5-17,27-28H,18H2,1-4H3,(H,31,34)/t27-,28+/m1/s1. The van der Waals surface area contributed by atoms with Crippen molar-refractivity contribution < 1.29 is 0 Å². The van der Waals surface area contributed by atoms with Crippen LogP contribution in [0.2, 0.25) is 0 Å². The highest BCUT2D eigenvalue weighted by Crippen LogP contribution is 2.43. The van der Waals surface area contributed by atoms with Gasteiger partial charge in [0, 0.05) is 29.8 Å². The summed E-state index contributed by atoms with van der Waals surface area (Å²) in [5.41, 5.74) is 9.64. The van der Waals surface area contributed by atoms with Gasteiger partial charge in [-0.25, -0.2) is 0 Å². The number of benzene rings is 2. The van der Waals surface area contributed by atoms with E-state index in [9.17, 15) is 0 Å². The summed E-state index contributed by atoms with van der Waals surface area (Å²) in [7, 11) is 0. The van der Waals surface area contributed by atoms with Gasteiger partial charge in [0.1, 0.15) is 0 Å². The van der Waals surface area contributed by atoms with E-state index in [4.69, 9.17) is 17.2 Å². The molecule has 0 amide bonds. The molecule has 1 fully saturated rings. The smallest absolute Gasteiger partial charge is 0.174 e. The predicted molar refractivity (Wildman–Crippen MR) is 143 cm³/mol. The minimum Gasteiger partial charge on any atom is -0.351 e. The molecule has 0 bridgehead atoms. The van der Waals surface area contributed by atoms with Crippen molar-refractivity contribution in [1.82, 2.24) is 14.9 Å². The Morgan fingerprint density at radius 2 is 1.59 bits per heavy atom. The molecule has 34 heavy (non-hydrogen) atoms. The number of aromatic nitrogens is 2. The zero-order valence-corrected chi connectivity index (χ0v) is 20.9. The van der Waals surface area contributed by atoms with Crippen molar-refractivity contribution in [2.75, 3.05) is 4.90 Å². The van der Waals surface area contributed by atoms with E-state index in [1.807, 2.05) is 18.3 Å². The van der Waals surface area contributed by atoms with Crippen LogP contribution in [0.25, 0.3) is 0 Å². The number of hydrogen-bond acceptors (Lipinski definition) is 2. The van der Waals surface area contributed by atoms with Crippen molar-refractivity contribution >= 4 is 23.0 Å². The fourth-order valence-electron chi connectivity index (χ4n) is 5.18. The molecule has 2 aromatic carbocycles. The van der Waals surface area contributed by atoms with E-state index in [1.165, 1.54) is 33.6 Å². The van der Waals surface area contributed by atoms with Gasteiger partial charge in [0.15, 0.2) is 5.11 Å². The summed E-state index contributed by atoms with van der Waals surface area (Å²) < 4.78 is 2.40. The van der Waals surface area contributed by atoms with Crippen LogP contribution in [-0.2, 0) is 6.54 Å². The third-order valence-corrected chi connectivity index (χ3v) is 7.01. The molecule has 1 N–H and O–H groups in total. The molecule has 4 nitrogen and oxygen atoms in total. The Kier molecular flexibility index (Phi) is 5.96. The van der Waals surface area contributed by atoms with Crippen LogP contribution >= 0.6 is 12.2 Å². The Bertz CT molecular complexity index is 1310. The maximum atomic E-state index is 5.93. The van der Waals surface area contributed by atoms with Crippen LogP contribution in [0.4, 0.5) is 5.69 Å². The quantitative estimate of drug-likeness (QED) is 0.348. The van der Waals surface area contributed by atoms with E-state index in [0.717, 1.165) is 23.0 Å². The number of nitrogens with one attached hydrogen (secondary N) is 1. The van der Waals surface area contributed by atoms with Crippen LogP contribution in [0.3, 0.4) is 0 Å². The fraction of sp³-hybridized carbons (Fsp3) is 0.241. The van der Waals surface area contributed by atoms with Gasteiger partial charge in [-0.2, -0.15) is 0 Å². The number of aryl methyl sites for hydroxylation is 3. The van der Waals surface area contributed by atoms with E-state index < -0.39 is 0 Å². The lowest BCUT2D eigenvalue weighted by atomic mass is 9.96. The molecule has 5 rings (SSSR count). The summed E-state index contributed by atoms with van der Waals surface area (Å²) in [4.78, 5) is 6.99. The monoisotopic (exact) mass is 466 g/mol. The average Bonchev–Trinajstić information content (AvgIpc) is 3.30. The summed E-state index contributed by atoms with van der Waals surface area (Å²) >= 11 is 5.93. The molecule has 5 heteroatoms. The second kappa shape index (κ2) is 9.07. The third-order valence-electron chi connectivity index (χ3n) is 6.70. The summed E-state index contributed by atoms with van der Waals surface area (Å²) in [6.07, 6.45) is 1.86. The van der Waals surface area contributed by atoms with Crippen molar-refractivity contribution in [3.05, 3.63) is 118 Å². The SMILES string of the molecule is Cc1cc(C)cc(N2C(=S)N[C@H](c3ccccn3)[C@@H]2c2cc(C)n(Cc3ccccc3)c2C)c1. The number of thiocarbonyl (C=S) groups is 1. The summed E-state index contributed by atoms with van der Waals surface area (Å²) in [6, 6.07) is 25.6. The number of pyridine rings is 1. The number of rotatable bonds is 5. The van der Waals surface area contributed by atoms with E-state index >= 15 is 0 Å². The lowest BCUT2D eigenvalue weighted by Crippen LogP contribution is -2.29. The van der Waals surface area contributed by atoms with Gasteiger partial charge in [-0.1, -0.05) is 42.5 Å². The topological polar surface area (TPSA) is 33.1 Å². The van der Waals surface area contributed by atoms with E-state index in [0.29, 0.717) is 0 Å². The molecule has 2 aromatic heterocycles. The van der Waals surface area contributed by atoms with Crippen LogP contribution in [-0.4, -0.2) is 14.7 Å². The maximum absolute atomic E-state index is 5.93. The zero-order chi connectivity index (χ0) is 23.8. The number of anilines is 1. The van der Waals surface area contributed by atoms with Crippen LogP contribution in [0.1, 0.15) is 51.4 Å². The van der Waals surface area contributed by atoms with Crippen molar-refractivity contribution in [3.63, 3.8) is 0 Å². The Morgan fingerprint density at radius 1 is 0.882 bits per heavy atom. The number of hydrogen-bond donors (Lipinski definition) is 1. The van der Waals surface area contributed by atoms with Gasteiger partial charge >= 0.3 is 0 Å². The van der Waals surface area contributed by atoms with Crippen LogP contribution < -0.4 is 10.2 Å². The Balaban J connectivity index is 1.64. The predicted octanol–water partition coefficient (Wildman–Crippen LogP) is 6.34. The van der Waals surface area contributed by atoms with Crippen LogP contribution in [0, 0.1) is 27.7 Å². The molecule has 0 spiro atoms. The molecule has 3 heterocycles. The Morgan fingerprint density at radius 3 is 2.26 bits per heavy atom. The first-order chi connectivity index (χ1) is 16.4. The minimum atomic E-state index is -0.0415. The molecule has 1 aliphatic heterocycles. The molecule has 2 atom stereocenters. The van der Waals surface area contributed by atoms with Crippen LogP contribution in [0.5, 0.6) is 0 Å². The molecular formula is C29H30N4S. The highest BCUT2D eigenvalue weighted by atomic mass is 32.1. The highest BCUT2D eigenvalue weighted by Gasteiger charge is 2.42. The third kappa shape index (κ3) is 4.12. The van der Waals surface area contributed by atoms with Crippen LogP contribution in [0.15, 0.2) is 79.0 Å². The van der Waals surface area contributed by atoms with E-state index in [-0.39, 0.29) is 12.1 Å². The lowest BCUT2D eigenvalue weighted by Gasteiger charge is -2.29. The first kappa shape index (κ1) is 22.4. The molecule has 0 radical (unpaired) electrons. The van der Waals surface area contributed by atoms with Crippen molar-refractivity contribution in [2.24, 2.45) is 0 Å². The van der Waals surface area contributed by atoms with Gasteiger partial charge in [-0.3, -0.25) is 4.98 Å². The van der Waals surface area contributed by atoms with Gasteiger partial charge in [0.2, 0.25) is 0 Å². The van der Waals surface area contributed by atoms with Gasteiger partial charge < -0.3 is 14.8 Å². The van der Waals surface area contributed by atoms with Gasteiger partial charge in [-0.05, 0) is 92.5 Å². The highest BCUT2D eigenvalue weighted by molar-refractivity contribution is 7.80. The van der Waals surface area contributed by atoms with Crippen molar-refractivity contribution in [1.29, 1.82) is 0 Å². The lowest BCUT2D eigenvalue weighted by molar-refractivity contribution is 0.563. The second-order valence-electron chi connectivity index (χ2n) is 9.24. The molecule has 0 unspecified atom stereocenters. The molecule has 0 saturated carbocycles. The molecule has 1 saturated heterocycles. The summed E-state index contributed by atoms with van der Waals surface area (Å²) in [6.45, 7) is 9.54. The van der Waals surface area contributed by atoms with Crippen molar-refractivity contribution in [2.45, 2.75) is 46.3 Å². The van der Waals surface area contributed by atoms with E-state index in [1.54, 1.807) is 0 Å². The number of nitrogens with zero attached hydrogens (tertiary/aromatic N) is 3. The normalized spacial score (nSPS) is 17.8. The Hall–Kier alpha value is -3.44. The van der Waals surface area contributed by atoms with Crippen molar-refractivity contribution in [3.8, 4) is 0 Å². The zero-order valence-electron chi connectivity index (χ0n) is 20.1. The first-order valence-electron chi connectivity index (χ1n) is 11.7. The average molecular weight is 467 g/mol. The summed E-state index contributed by atoms with van der Waals surface area (Å²) in [5, 5.41) is 4.33. The molecule has 1 aliphatic rings. The largest absolute Gasteiger partial charge is 0.351 e. The van der Waals surface area contributed by atoms with E-state index in [2.05, 4.69) is 103 Å². The first-order valence-corrected chi connectivity index (χ1v) is 12.1. The minimum absolute atomic E-state index is 0.000627. The summed E-state index contributed by atoms with van der Waals surface area (Å²) in [5.74, 6) is 0. The maximum Gasteiger partial charge on any atom is 0.174 e. The molecular weight excluding hydrogens is 436 g/mol. The fourth-order valence-corrected chi connectivity index (χ4v) is 5.52. The molecule has 172 valence electrons. The molecule has 0 aliphatic carbocycles. The Labute approximate surface area is 207 Å².